The van der Waals surface area contributed by atoms with Gasteiger partial charge in [-0.2, -0.15) is 10.1 Å². The predicted molar refractivity (Wildman–Crippen MR) is 129 cm³/mol. The van der Waals surface area contributed by atoms with E-state index in [2.05, 4.69) is 41.5 Å². The molecule has 8 rings (SSSR count). The second kappa shape index (κ2) is 7.39. The molecule has 3 aromatic carbocycles. The zero-order chi connectivity index (χ0) is 22.8. The standard InChI is InChI=1S/C29H24N2O3/c32-28-26-22-12-13-23(25-14-24(22)25)27(26)29(33)31(28)30-15-17-8-10-20(11-9-17)34-16-19-6-3-5-18-4-1-2-7-21(18)19/h1-13,15,22-27H,14,16H2/b30-15-/t22-,23-,24-,25+,26+,27+/m0/s1. The lowest BCUT2D eigenvalue weighted by molar-refractivity contribution is -0.140. The van der Waals surface area contributed by atoms with E-state index < -0.39 is 0 Å². The number of amides is 2. The Morgan fingerprint density at radius 2 is 1.53 bits per heavy atom. The summed E-state index contributed by atoms with van der Waals surface area (Å²) in [5.74, 6) is 1.69. The van der Waals surface area contributed by atoms with Gasteiger partial charge in [-0.15, -0.1) is 0 Å². The molecular weight excluding hydrogens is 424 g/mol. The first kappa shape index (κ1) is 19.7. The van der Waals surface area contributed by atoms with Crippen molar-refractivity contribution in [3.05, 3.63) is 90.0 Å². The molecule has 2 amide bonds. The maximum absolute atomic E-state index is 13.0. The van der Waals surface area contributed by atoms with Crippen LogP contribution in [-0.2, 0) is 16.2 Å². The van der Waals surface area contributed by atoms with E-state index in [1.54, 1.807) is 6.21 Å². The summed E-state index contributed by atoms with van der Waals surface area (Å²) in [4.78, 5) is 26.1. The molecule has 0 aromatic heterocycles. The van der Waals surface area contributed by atoms with Crippen LogP contribution in [0.5, 0.6) is 5.75 Å². The maximum Gasteiger partial charge on any atom is 0.254 e. The van der Waals surface area contributed by atoms with Gasteiger partial charge < -0.3 is 4.74 Å². The molecule has 1 aliphatic heterocycles. The quantitative estimate of drug-likeness (QED) is 0.320. The van der Waals surface area contributed by atoms with Crippen LogP contribution < -0.4 is 4.74 Å². The van der Waals surface area contributed by atoms with Gasteiger partial charge in [0, 0.05) is 0 Å². The van der Waals surface area contributed by atoms with E-state index in [0.29, 0.717) is 18.4 Å². The number of fused-ring (bicyclic) bond motifs is 1. The summed E-state index contributed by atoms with van der Waals surface area (Å²) >= 11 is 0. The molecule has 0 radical (unpaired) electrons. The number of rotatable bonds is 5. The second-order valence-electron chi connectivity index (χ2n) is 9.88. The van der Waals surface area contributed by atoms with Gasteiger partial charge in [0.2, 0.25) is 0 Å². The molecule has 5 heteroatoms. The Morgan fingerprint density at radius 1 is 0.853 bits per heavy atom. The number of nitrogens with zero attached hydrogens (tertiary/aromatic N) is 2. The van der Waals surface area contributed by atoms with E-state index in [-0.39, 0.29) is 35.5 Å². The molecule has 2 saturated carbocycles. The number of hydrogen-bond donors (Lipinski definition) is 0. The highest BCUT2D eigenvalue weighted by molar-refractivity contribution is 6.06. The van der Waals surface area contributed by atoms with Gasteiger partial charge in [0.25, 0.3) is 11.8 Å². The number of benzene rings is 3. The number of ether oxygens (including phenoxy) is 1. The van der Waals surface area contributed by atoms with Crippen LogP contribution in [0.1, 0.15) is 17.5 Å². The van der Waals surface area contributed by atoms with Crippen LogP contribution in [0.2, 0.25) is 0 Å². The van der Waals surface area contributed by atoms with Crippen LogP contribution in [0.25, 0.3) is 10.8 Å². The number of carbonyl (C=O) groups excluding carboxylic acids is 2. The molecule has 5 nitrogen and oxygen atoms in total. The fourth-order valence-corrected chi connectivity index (χ4v) is 6.41. The Morgan fingerprint density at radius 3 is 2.26 bits per heavy atom. The van der Waals surface area contributed by atoms with Crippen LogP contribution in [0.3, 0.4) is 0 Å². The molecule has 6 atom stereocenters. The number of allylic oxidation sites excluding steroid dienone is 2. The van der Waals surface area contributed by atoms with E-state index in [0.717, 1.165) is 28.3 Å². The average Bonchev–Trinajstić information content (AvgIpc) is 3.66. The van der Waals surface area contributed by atoms with Crippen LogP contribution in [0.4, 0.5) is 0 Å². The van der Waals surface area contributed by atoms with Crippen molar-refractivity contribution in [2.75, 3.05) is 0 Å². The van der Waals surface area contributed by atoms with Gasteiger partial charge >= 0.3 is 0 Å². The summed E-state index contributed by atoms with van der Waals surface area (Å²) in [6, 6.07) is 22.1. The third kappa shape index (κ3) is 2.96. The zero-order valence-corrected chi connectivity index (χ0v) is 18.6. The second-order valence-corrected chi connectivity index (χ2v) is 9.88. The molecule has 34 heavy (non-hydrogen) atoms. The summed E-state index contributed by atoms with van der Waals surface area (Å²) in [5, 5.41) is 7.82. The van der Waals surface area contributed by atoms with Gasteiger partial charge in [-0.05, 0) is 76.3 Å². The summed E-state index contributed by atoms with van der Waals surface area (Å²) in [6.07, 6.45) is 7.11. The molecule has 168 valence electrons. The Balaban J connectivity index is 1.04. The largest absolute Gasteiger partial charge is 0.489 e. The van der Waals surface area contributed by atoms with E-state index >= 15 is 0 Å². The molecule has 3 aromatic rings. The first-order chi connectivity index (χ1) is 16.7. The Bertz CT molecular complexity index is 1330. The Kier molecular flexibility index (Phi) is 4.28. The normalized spacial score (nSPS) is 30.8. The fraction of sp³-hybridized carbons (Fsp3) is 0.276. The van der Waals surface area contributed by atoms with Crippen molar-refractivity contribution in [1.29, 1.82) is 0 Å². The summed E-state index contributed by atoms with van der Waals surface area (Å²) in [6.45, 7) is 0.479. The van der Waals surface area contributed by atoms with Crippen molar-refractivity contribution in [2.45, 2.75) is 13.0 Å². The minimum absolute atomic E-state index is 0.133. The molecule has 0 N–H and O–H groups in total. The maximum atomic E-state index is 13.0. The molecule has 1 saturated heterocycles. The summed E-state index contributed by atoms with van der Waals surface area (Å²) in [5.41, 5.74) is 1.95. The highest BCUT2D eigenvalue weighted by Gasteiger charge is 2.67. The van der Waals surface area contributed by atoms with Gasteiger partial charge in [-0.25, -0.2) is 0 Å². The fourth-order valence-electron chi connectivity index (χ4n) is 6.41. The van der Waals surface area contributed by atoms with Crippen LogP contribution in [-0.4, -0.2) is 23.0 Å². The third-order valence-corrected chi connectivity index (χ3v) is 8.12. The first-order valence-corrected chi connectivity index (χ1v) is 12.0. The minimum Gasteiger partial charge on any atom is -0.489 e. The Hall–Kier alpha value is -3.73. The molecule has 2 bridgehead atoms. The summed E-state index contributed by atoms with van der Waals surface area (Å²) < 4.78 is 6.01. The topological polar surface area (TPSA) is 59.0 Å². The summed E-state index contributed by atoms with van der Waals surface area (Å²) in [7, 11) is 0. The van der Waals surface area contributed by atoms with Crippen LogP contribution in [0.15, 0.2) is 84.0 Å². The van der Waals surface area contributed by atoms with Crippen LogP contribution >= 0.6 is 0 Å². The van der Waals surface area contributed by atoms with Gasteiger partial charge in [0.15, 0.2) is 0 Å². The van der Waals surface area contributed by atoms with E-state index in [9.17, 15) is 9.59 Å². The molecular formula is C29H24N2O3. The number of carbonyl (C=O) groups is 2. The van der Waals surface area contributed by atoms with Crippen molar-refractivity contribution < 1.29 is 14.3 Å². The lowest BCUT2D eigenvalue weighted by atomic mass is 9.63. The van der Waals surface area contributed by atoms with Crippen molar-refractivity contribution in [1.82, 2.24) is 5.01 Å². The van der Waals surface area contributed by atoms with E-state index in [1.807, 2.05) is 42.5 Å². The van der Waals surface area contributed by atoms with E-state index in [4.69, 9.17) is 4.74 Å². The van der Waals surface area contributed by atoms with Gasteiger partial charge in [0.1, 0.15) is 12.4 Å². The third-order valence-electron chi connectivity index (χ3n) is 8.12. The van der Waals surface area contributed by atoms with Crippen molar-refractivity contribution in [3.8, 4) is 5.75 Å². The number of hydrogen-bond acceptors (Lipinski definition) is 4. The van der Waals surface area contributed by atoms with Gasteiger partial charge in [0.05, 0.1) is 18.1 Å². The van der Waals surface area contributed by atoms with Crippen molar-refractivity contribution >= 4 is 28.8 Å². The lowest BCUT2D eigenvalue weighted by Crippen LogP contribution is -2.40. The molecule has 3 fully saturated rings. The smallest absolute Gasteiger partial charge is 0.254 e. The monoisotopic (exact) mass is 448 g/mol. The number of hydrazone groups is 1. The molecule has 1 heterocycles. The highest BCUT2D eigenvalue weighted by atomic mass is 16.5. The highest BCUT2D eigenvalue weighted by Crippen LogP contribution is 2.65. The predicted octanol–water partition coefficient (Wildman–Crippen LogP) is 4.81. The Labute approximate surface area is 197 Å². The van der Waals surface area contributed by atoms with Gasteiger partial charge in [-0.3, -0.25) is 9.59 Å². The van der Waals surface area contributed by atoms with Gasteiger partial charge in [-0.1, -0.05) is 54.6 Å². The molecule has 5 aliphatic rings. The van der Waals surface area contributed by atoms with Crippen molar-refractivity contribution in [2.24, 2.45) is 40.6 Å². The minimum atomic E-state index is -0.215. The SMILES string of the molecule is O=C1[C@@H]2[C@H]3C=C[C@@H]([C@@H]4C[C@H]34)[C@H]2C(=O)N1/N=C\c1ccc(OCc2cccc3ccccc23)cc1. The average molecular weight is 449 g/mol. The molecule has 4 aliphatic carbocycles. The van der Waals surface area contributed by atoms with Crippen LogP contribution in [0, 0.1) is 35.5 Å². The zero-order valence-electron chi connectivity index (χ0n) is 18.6. The first-order valence-electron chi connectivity index (χ1n) is 12.0. The molecule has 0 spiro atoms. The number of imide groups is 1. The van der Waals surface area contributed by atoms with E-state index in [1.165, 1.54) is 10.8 Å². The molecule has 0 unspecified atom stereocenters. The van der Waals surface area contributed by atoms with Crippen molar-refractivity contribution in [3.63, 3.8) is 0 Å². The lowest BCUT2D eigenvalue weighted by Gasteiger charge is -2.37.